The maximum atomic E-state index is 11.6. The van der Waals surface area contributed by atoms with Crippen molar-refractivity contribution >= 4 is 28.7 Å². The normalized spacial score (nSPS) is 10.4. The zero-order chi connectivity index (χ0) is 11.7. The molecule has 0 aliphatic carbocycles. The van der Waals surface area contributed by atoms with Crippen LogP contribution in [-0.2, 0) is 11.3 Å². The molecule has 0 N–H and O–H groups in total. The number of halogens is 1. The third-order valence-corrected chi connectivity index (χ3v) is 2.21. The lowest BCUT2D eigenvalue weighted by Gasteiger charge is -2.03. The van der Waals surface area contributed by atoms with Crippen LogP contribution in [0.5, 0.6) is 0 Å². The summed E-state index contributed by atoms with van der Waals surface area (Å²) in [5, 5.41) is 4.09. The molecule has 0 aromatic carbocycles. The number of hydrogen-bond donors (Lipinski definition) is 0. The third kappa shape index (κ3) is 1.53. The van der Waals surface area contributed by atoms with Crippen LogP contribution in [0.4, 0.5) is 0 Å². The fourth-order valence-corrected chi connectivity index (χ4v) is 1.43. The lowest BCUT2D eigenvalue weighted by Crippen LogP contribution is -2.23. The van der Waals surface area contributed by atoms with Gasteiger partial charge in [0.2, 0.25) is 0 Å². The van der Waals surface area contributed by atoms with Crippen LogP contribution >= 0.6 is 11.9 Å². The Hall–Kier alpha value is -1.95. The first-order valence-corrected chi connectivity index (χ1v) is 4.61. The van der Waals surface area contributed by atoms with Crippen molar-refractivity contribution in [3.63, 3.8) is 0 Å². The molecular formula is C9H6ClN3O3. The number of pyridine rings is 1. The number of rotatable bonds is 1. The lowest BCUT2D eigenvalue weighted by atomic mass is 10.2. The van der Waals surface area contributed by atoms with Gasteiger partial charge in [-0.15, -0.1) is 0 Å². The Bertz CT molecular complexity index is 623. The quantitative estimate of drug-likeness (QED) is 0.730. The Morgan fingerprint density at radius 1 is 1.56 bits per heavy atom. The van der Waals surface area contributed by atoms with Crippen molar-refractivity contribution in [1.29, 1.82) is 0 Å². The van der Waals surface area contributed by atoms with Crippen LogP contribution in [-0.4, -0.2) is 20.7 Å². The molecule has 0 spiro atoms. The third-order valence-electron chi connectivity index (χ3n) is 2.07. The molecule has 0 amide bonds. The van der Waals surface area contributed by atoms with Gasteiger partial charge in [-0.2, -0.15) is 5.10 Å². The standard InChI is InChI=1S/C9H6ClN3O3/c1-13-8(14)6-5(3-2-4-11-6)7(12-13)9(15)16-10/h2-4H,1H3. The molecule has 82 valence electrons. The predicted octanol–water partition coefficient (Wildman–Crippen LogP) is 0.639. The number of hydrogen-bond acceptors (Lipinski definition) is 5. The van der Waals surface area contributed by atoms with Crippen LogP contribution in [0.15, 0.2) is 23.1 Å². The molecule has 0 saturated carbocycles. The van der Waals surface area contributed by atoms with Gasteiger partial charge in [-0.25, -0.2) is 9.48 Å². The van der Waals surface area contributed by atoms with Gasteiger partial charge in [0.25, 0.3) is 5.56 Å². The highest BCUT2D eigenvalue weighted by molar-refractivity contribution is 6.17. The summed E-state index contributed by atoms with van der Waals surface area (Å²) < 4.78 is 5.08. The Labute approximate surface area is 94.6 Å². The highest BCUT2D eigenvalue weighted by atomic mass is 35.5. The number of aromatic nitrogens is 3. The summed E-state index contributed by atoms with van der Waals surface area (Å²) in [6.45, 7) is 0. The molecule has 2 aromatic heterocycles. The number of carbonyl (C=O) groups excluding carboxylic acids is 1. The highest BCUT2D eigenvalue weighted by Crippen LogP contribution is 2.12. The van der Waals surface area contributed by atoms with Crippen molar-refractivity contribution in [2.24, 2.45) is 7.05 Å². The first-order valence-electron chi connectivity index (χ1n) is 4.30. The Morgan fingerprint density at radius 3 is 3.00 bits per heavy atom. The molecule has 7 heteroatoms. The van der Waals surface area contributed by atoms with E-state index in [1.54, 1.807) is 12.1 Å². The molecule has 0 aliphatic rings. The van der Waals surface area contributed by atoms with E-state index < -0.39 is 5.97 Å². The van der Waals surface area contributed by atoms with E-state index in [2.05, 4.69) is 14.4 Å². The highest BCUT2D eigenvalue weighted by Gasteiger charge is 2.17. The molecule has 16 heavy (non-hydrogen) atoms. The van der Waals surface area contributed by atoms with Crippen LogP contribution in [0.25, 0.3) is 10.9 Å². The molecule has 0 aliphatic heterocycles. The summed E-state index contributed by atoms with van der Waals surface area (Å²) in [5.41, 5.74) is -0.279. The van der Waals surface area contributed by atoms with Crippen LogP contribution in [0.3, 0.4) is 0 Å². The van der Waals surface area contributed by atoms with Crippen molar-refractivity contribution in [3.05, 3.63) is 34.4 Å². The Morgan fingerprint density at radius 2 is 2.31 bits per heavy atom. The molecular weight excluding hydrogens is 234 g/mol. The Balaban J connectivity index is 2.90. The largest absolute Gasteiger partial charge is 0.377 e. The van der Waals surface area contributed by atoms with E-state index in [1.165, 1.54) is 13.2 Å². The lowest BCUT2D eigenvalue weighted by molar-refractivity contribution is 0.0745. The van der Waals surface area contributed by atoms with E-state index in [0.29, 0.717) is 5.39 Å². The molecule has 2 aromatic rings. The van der Waals surface area contributed by atoms with Crippen LogP contribution in [0, 0.1) is 0 Å². The van der Waals surface area contributed by atoms with E-state index >= 15 is 0 Å². The van der Waals surface area contributed by atoms with Gasteiger partial charge >= 0.3 is 5.97 Å². The van der Waals surface area contributed by atoms with E-state index in [1.807, 2.05) is 0 Å². The minimum Gasteiger partial charge on any atom is -0.342 e. The summed E-state index contributed by atoms with van der Waals surface area (Å²) in [5.74, 6) is -0.824. The van der Waals surface area contributed by atoms with Crippen molar-refractivity contribution in [1.82, 2.24) is 14.8 Å². The first-order chi connectivity index (χ1) is 7.65. The molecule has 0 radical (unpaired) electrons. The molecule has 0 bridgehead atoms. The summed E-state index contributed by atoms with van der Waals surface area (Å²) in [4.78, 5) is 26.9. The minimum absolute atomic E-state index is 0.0415. The second kappa shape index (κ2) is 3.90. The molecule has 2 rings (SSSR count). The summed E-state index contributed by atoms with van der Waals surface area (Å²) in [7, 11) is 1.42. The van der Waals surface area contributed by atoms with Crippen LogP contribution < -0.4 is 5.56 Å². The van der Waals surface area contributed by atoms with Gasteiger partial charge in [-0.1, -0.05) is 0 Å². The zero-order valence-corrected chi connectivity index (χ0v) is 8.93. The molecule has 0 unspecified atom stereocenters. The predicted molar refractivity (Wildman–Crippen MR) is 56.0 cm³/mol. The number of fused-ring (bicyclic) bond motifs is 1. The second-order valence-corrected chi connectivity index (χ2v) is 3.20. The van der Waals surface area contributed by atoms with Crippen molar-refractivity contribution in [2.45, 2.75) is 0 Å². The summed E-state index contributed by atoms with van der Waals surface area (Å²) in [6.07, 6.45) is 1.46. The van der Waals surface area contributed by atoms with Gasteiger partial charge < -0.3 is 4.29 Å². The number of aryl methyl sites for hydroxylation is 1. The maximum absolute atomic E-state index is 11.6. The molecule has 6 nitrogen and oxygen atoms in total. The zero-order valence-electron chi connectivity index (χ0n) is 8.18. The Kier molecular flexibility index (Phi) is 2.57. The van der Waals surface area contributed by atoms with E-state index in [0.717, 1.165) is 4.68 Å². The van der Waals surface area contributed by atoms with Crippen LogP contribution in [0.1, 0.15) is 10.5 Å². The van der Waals surface area contributed by atoms with Crippen LogP contribution in [0.2, 0.25) is 0 Å². The molecule has 0 saturated heterocycles. The molecule has 0 fully saturated rings. The van der Waals surface area contributed by atoms with Crippen molar-refractivity contribution in [3.8, 4) is 0 Å². The number of nitrogens with zero attached hydrogens (tertiary/aromatic N) is 3. The minimum atomic E-state index is -0.824. The van der Waals surface area contributed by atoms with E-state index in [-0.39, 0.29) is 16.8 Å². The smallest absolute Gasteiger partial charge is 0.342 e. The second-order valence-electron chi connectivity index (χ2n) is 3.04. The monoisotopic (exact) mass is 239 g/mol. The molecule has 0 atom stereocenters. The average Bonchev–Trinajstić information content (AvgIpc) is 2.33. The number of carbonyl (C=O) groups is 1. The fourth-order valence-electron chi connectivity index (χ4n) is 1.36. The topological polar surface area (TPSA) is 74.1 Å². The van der Waals surface area contributed by atoms with E-state index in [9.17, 15) is 9.59 Å². The van der Waals surface area contributed by atoms with Gasteiger partial charge in [-0.05, 0) is 12.1 Å². The van der Waals surface area contributed by atoms with Gasteiger partial charge in [0, 0.05) is 18.6 Å². The molecule has 2 heterocycles. The summed E-state index contributed by atoms with van der Waals surface area (Å²) in [6, 6.07) is 3.15. The van der Waals surface area contributed by atoms with Gasteiger partial charge in [0.05, 0.1) is 0 Å². The summed E-state index contributed by atoms with van der Waals surface area (Å²) >= 11 is 4.98. The van der Waals surface area contributed by atoms with E-state index in [4.69, 9.17) is 11.9 Å². The fraction of sp³-hybridized carbons (Fsp3) is 0.111. The first kappa shape index (κ1) is 10.6. The van der Waals surface area contributed by atoms with Gasteiger partial charge in [0.1, 0.15) is 17.4 Å². The van der Waals surface area contributed by atoms with Gasteiger partial charge in [0.15, 0.2) is 5.69 Å². The van der Waals surface area contributed by atoms with Gasteiger partial charge in [-0.3, -0.25) is 9.78 Å². The average molecular weight is 240 g/mol. The van der Waals surface area contributed by atoms with Crippen molar-refractivity contribution < 1.29 is 9.08 Å². The van der Waals surface area contributed by atoms with Crippen molar-refractivity contribution in [2.75, 3.05) is 0 Å². The SMILES string of the molecule is Cn1nc(C(=O)OCl)c2cccnc2c1=O. The maximum Gasteiger partial charge on any atom is 0.377 e.